The van der Waals surface area contributed by atoms with Crippen LogP contribution < -0.4 is 0 Å². The second-order valence-corrected chi connectivity index (χ2v) is 5.11. The van der Waals surface area contributed by atoms with Gasteiger partial charge >= 0.3 is 6.61 Å². The highest BCUT2D eigenvalue weighted by atomic mass is 19.3. The van der Waals surface area contributed by atoms with E-state index in [9.17, 15) is 13.6 Å². The lowest BCUT2D eigenvalue weighted by Gasteiger charge is -2.40. The van der Waals surface area contributed by atoms with Crippen LogP contribution in [0.1, 0.15) is 19.8 Å². The number of nitrogens with zero attached hydrogens (tertiary/aromatic N) is 2. The molecule has 0 bridgehead atoms. The van der Waals surface area contributed by atoms with Gasteiger partial charge < -0.3 is 14.5 Å². The Balaban J connectivity index is 1.83. The van der Waals surface area contributed by atoms with Crippen molar-refractivity contribution in [1.29, 1.82) is 0 Å². The maximum Gasteiger partial charge on any atom is 0.345 e. The number of rotatable bonds is 4. The molecule has 0 aromatic rings. The van der Waals surface area contributed by atoms with Crippen LogP contribution in [0.3, 0.4) is 0 Å². The number of halogens is 2. The third kappa shape index (κ3) is 2.64. The summed E-state index contributed by atoms with van der Waals surface area (Å²) in [7, 11) is 2.03. The second-order valence-electron chi connectivity index (χ2n) is 5.11. The van der Waals surface area contributed by atoms with Gasteiger partial charge in [0.15, 0.2) is 0 Å². The first-order chi connectivity index (χ1) is 8.52. The smallest absolute Gasteiger partial charge is 0.337 e. The zero-order chi connectivity index (χ0) is 13.3. The molecule has 2 aliphatic rings. The maximum atomic E-state index is 12.2. The summed E-state index contributed by atoms with van der Waals surface area (Å²) < 4.78 is 28.3. The summed E-state index contributed by atoms with van der Waals surface area (Å²) in [5, 5.41) is 0. The molecule has 6 heteroatoms. The van der Waals surface area contributed by atoms with Crippen LogP contribution >= 0.6 is 0 Å². The average molecular weight is 262 g/mol. The first kappa shape index (κ1) is 13.7. The number of hydrogen-bond donors (Lipinski definition) is 0. The van der Waals surface area contributed by atoms with Crippen molar-refractivity contribution in [3.05, 3.63) is 0 Å². The predicted molar refractivity (Wildman–Crippen MR) is 62.3 cm³/mol. The Kier molecular flexibility index (Phi) is 4.17. The van der Waals surface area contributed by atoms with Crippen molar-refractivity contribution < 1.29 is 18.3 Å². The summed E-state index contributed by atoms with van der Waals surface area (Å²) >= 11 is 0. The first-order valence-corrected chi connectivity index (χ1v) is 6.45. The summed E-state index contributed by atoms with van der Waals surface area (Å²) in [5.41, 5.74) is 0. The molecule has 0 radical (unpaired) electrons. The molecule has 104 valence electrons. The Morgan fingerprint density at radius 2 is 2.11 bits per heavy atom. The number of likely N-dealkylation sites (tertiary alicyclic amines) is 2. The third-order valence-electron chi connectivity index (χ3n) is 4.01. The van der Waals surface area contributed by atoms with E-state index in [1.165, 1.54) is 0 Å². The molecule has 0 aromatic heterocycles. The topological polar surface area (TPSA) is 32.8 Å². The lowest BCUT2D eigenvalue weighted by Crippen LogP contribution is -2.57. The highest BCUT2D eigenvalue weighted by Gasteiger charge is 2.42. The van der Waals surface area contributed by atoms with Gasteiger partial charge in [-0.1, -0.05) is 6.92 Å². The molecule has 0 saturated carbocycles. The summed E-state index contributed by atoms with van der Waals surface area (Å²) in [5.74, 6) is 0.118. The van der Waals surface area contributed by atoms with E-state index in [1.54, 1.807) is 4.90 Å². The number of amides is 1. The van der Waals surface area contributed by atoms with Gasteiger partial charge in [-0.2, -0.15) is 8.78 Å². The lowest BCUT2D eigenvalue weighted by molar-refractivity contribution is -0.200. The van der Waals surface area contributed by atoms with Crippen LogP contribution in [0.4, 0.5) is 8.78 Å². The SMILES string of the molecule is CC[C@@H]1[C@@H](C(=O)N2CC(OC(F)F)C2)CCN1C. The van der Waals surface area contributed by atoms with Gasteiger partial charge in [-0.05, 0) is 26.4 Å². The Hall–Kier alpha value is -0.750. The molecule has 2 atom stereocenters. The minimum atomic E-state index is -2.74. The van der Waals surface area contributed by atoms with E-state index in [1.807, 2.05) is 7.05 Å². The lowest BCUT2D eigenvalue weighted by atomic mass is 9.95. The van der Waals surface area contributed by atoms with E-state index >= 15 is 0 Å². The minimum absolute atomic E-state index is 0.0208. The molecule has 0 N–H and O–H groups in total. The summed E-state index contributed by atoms with van der Waals surface area (Å²) in [6, 6.07) is 0.285. The van der Waals surface area contributed by atoms with Gasteiger partial charge in [0.1, 0.15) is 0 Å². The summed E-state index contributed by atoms with van der Waals surface area (Å²) in [6.45, 7) is 0.874. The Labute approximate surface area is 106 Å². The van der Waals surface area contributed by atoms with Crippen LogP contribution in [0, 0.1) is 5.92 Å². The molecule has 2 fully saturated rings. The fourth-order valence-electron chi connectivity index (χ4n) is 2.98. The van der Waals surface area contributed by atoms with E-state index in [0.717, 1.165) is 19.4 Å². The number of hydrogen-bond acceptors (Lipinski definition) is 3. The van der Waals surface area contributed by atoms with Gasteiger partial charge in [-0.25, -0.2) is 0 Å². The Morgan fingerprint density at radius 3 is 2.67 bits per heavy atom. The van der Waals surface area contributed by atoms with Crippen molar-refractivity contribution in [2.75, 3.05) is 26.7 Å². The second kappa shape index (κ2) is 5.48. The molecule has 1 amide bonds. The van der Waals surface area contributed by atoms with E-state index in [4.69, 9.17) is 0 Å². The molecule has 0 spiro atoms. The van der Waals surface area contributed by atoms with Crippen LogP contribution in [0.2, 0.25) is 0 Å². The molecule has 2 heterocycles. The van der Waals surface area contributed by atoms with Crippen molar-refractivity contribution in [3.8, 4) is 0 Å². The predicted octanol–water partition coefficient (Wildman–Crippen LogP) is 1.17. The summed E-state index contributed by atoms with van der Waals surface area (Å²) in [4.78, 5) is 16.1. The Bertz CT molecular complexity index is 308. The number of alkyl halides is 2. The third-order valence-corrected chi connectivity index (χ3v) is 4.01. The maximum absolute atomic E-state index is 12.2. The minimum Gasteiger partial charge on any atom is -0.337 e. The number of carbonyl (C=O) groups is 1. The molecule has 4 nitrogen and oxygen atoms in total. The standard InChI is InChI=1S/C12H20F2N2O2/c1-3-10-9(4-5-15(10)2)11(17)16-6-8(7-16)18-12(13)14/h8-10,12H,3-7H2,1-2H3/t9-,10+/m0/s1. The normalized spacial score (nSPS) is 29.9. The fourth-order valence-corrected chi connectivity index (χ4v) is 2.98. The van der Waals surface area contributed by atoms with Crippen molar-refractivity contribution >= 4 is 5.91 Å². The highest BCUT2D eigenvalue weighted by molar-refractivity contribution is 5.80. The van der Waals surface area contributed by atoms with Gasteiger partial charge in [-0.15, -0.1) is 0 Å². The molecule has 2 rings (SSSR count). The summed E-state index contributed by atoms with van der Waals surface area (Å²) in [6.07, 6.45) is 1.32. The zero-order valence-corrected chi connectivity index (χ0v) is 10.8. The van der Waals surface area contributed by atoms with Crippen molar-refractivity contribution in [1.82, 2.24) is 9.80 Å². The number of ether oxygens (including phenoxy) is 1. The van der Waals surface area contributed by atoms with Crippen molar-refractivity contribution in [2.45, 2.75) is 38.5 Å². The quantitative estimate of drug-likeness (QED) is 0.762. The van der Waals surface area contributed by atoms with Crippen LogP contribution in [-0.2, 0) is 9.53 Å². The fraction of sp³-hybridized carbons (Fsp3) is 0.917. The van der Waals surface area contributed by atoms with E-state index in [2.05, 4.69) is 16.6 Å². The van der Waals surface area contributed by atoms with Gasteiger partial charge in [0.25, 0.3) is 0 Å². The van der Waals surface area contributed by atoms with Gasteiger partial charge in [0.2, 0.25) is 5.91 Å². The molecule has 0 unspecified atom stereocenters. The van der Waals surface area contributed by atoms with E-state index < -0.39 is 12.7 Å². The highest BCUT2D eigenvalue weighted by Crippen LogP contribution is 2.29. The van der Waals surface area contributed by atoms with Crippen LogP contribution in [0.25, 0.3) is 0 Å². The monoisotopic (exact) mass is 262 g/mol. The van der Waals surface area contributed by atoms with Crippen LogP contribution in [0.15, 0.2) is 0 Å². The molecule has 18 heavy (non-hydrogen) atoms. The molecule has 0 aliphatic carbocycles. The van der Waals surface area contributed by atoms with Gasteiger partial charge in [-0.3, -0.25) is 4.79 Å². The van der Waals surface area contributed by atoms with Crippen molar-refractivity contribution in [3.63, 3.8) is 0 Å². The van der Waals surface area contributed by atoms with Gasteiger partial charge in [0, 0.05) is 19.1 Å². The molecular weight excluding hydrogens is 242 g/mol. The molecule has 2 aliphatic heterocycles. The van der Waals surface area contributed by atoms with Gasteiger partial charge in [0.05, 0.1) is 12.0 Å². The zero-order valence-electron chi connectivity index (χ0n) is 10.8. The average Bonchev–Trinajstić information content (AvgIpc) is 2.63. The number of carbonyl (C=O) groups excluding carboxylic acids is 1. The Morgan fingerprint density at radius 1 is 1.44 bits per heavy atom. The molecular formula is C12H20F2N2O2. The van der Waals surface area contributed by atoms with E-state index in [-0.39, 0.29) is 17.9 Å². The van der Waals surface area contributed by atoms with Crippen molar-refractivity contribution in [2.24, 2.45) is 5.92 Å². The molecule has 2 saturated heterocycles. The van der Waals surface area contributed by atoms with Crippen LogP contribution in [-0.4, -0.2) is 61.1 Å². The largest absolute Gasteiger partial charge is 0.345 e. The van der Waals surface area contributed by atoms with E-state index in [0.29, 0.717) is 13.1 Å². The van der Waals surface area contributed by atoms with Crippen LogP contribution in [0.5, 0.6) is 0 Å². The molecule has 0 aromatic carbocycles. The first-order valence-electron chi connectivity index (χ1n) is 6.45.